The van der Waals surface area contributed by atoms with Gasteiger partial charge in [-0.2, -0.15) is 0 Å². The van der Waals surface area contributed by atoms with Gasteiger partial charge in [0.1, 0.15) is 0 Å². The largest absolute Gasteiger partial charge is 0.339 e. The summed E-state index contributed by atoms with van der Waals surface area (Å²) in [6.45, 7) is 5.10. The Morgan fingerprint density at radius 3 is 2.82 bits per heavy atom. The van der Waals surface area contributed by atoms with Crippen LogP contribution in [0.3, 0.4) is 0 Å². The van der Waals surface area contributed by atoms with E-state index in [1.807, 2.05) is 18.2 Å². The molecule has 1 aromatic rings. The zero-order chi connectivity index (χ0) is 15.5. The fraction of sp³-hybridized carbons (Fsp3) is 0.611. The van der Waals surface area contributed by atoms with Crippen molar-refractivity contribution in [1.29, 1.82) is 0 Å². The first-order valence-electron chi connectivity index (χ1n) is 8.47. The van der Waals surface area contributed by atoms with Crippen LogP contribution in [0.15, 0.2) is 24.3 Å². The lowest BCUT2D eigenvalue weighted by atomic mass is 10.0. The molecule has 0 radical (unpaired) electrons. The summed E-state index contributed by atoms with van der Waals surface area (Å²) in [6.07, 6.45) is 4.18. The molecule has 22 heavy (non-hydrogen) atoms. The van der Waals surface area contributed by atoms with E-state index in [9.17, 15) is 4.79 Å². The maximum absolute atomic E-state index is 12.9. The van der Waals surface area contributed by atoms with Crippen LogP contribution in [0.25, 0.3) is 0 Å². The molecule has 1 saturated heterocycles. The second-order valence-corrected chi connectivity index (χ2v) is 6.95. The predicted molar refractivity (Wildman–Crippen MR) is 90.2 cm³/mol. The van der Waals surface area contributed by atoms with Crippen LogP contribution in [0.4, 0.5) is 0 Å². The molecule has 2 atom stereocenters. The molecule has 2 unspecified atom stereocenters. The Labute approximate surface area is 138 Å². The molecular weight excluding hydrogens is 296 g/mol. The summed E-state index contributed by atoms with van der Waals surface area (Å²) in [4.78, 5) is 15.1. The topological polar surface area (TPSA) is 32.3 Å². The van der Waals surface area contributed by atoms with E-state index in [2.05, 4.69) is 23.2 Å². The van der Waals surface area contributed by atoms with Crippen molar-refractivity contribution < 1.29 is 4.79 Å². The van der Waals surface area contributed by atoms with Crippen LogP contribution in [-0.4, -0.2) is 36.5 Å². The number of piperidine rings is 1. The Morgan fingerprint density at radius 1 is 1.36 bits per heavy atom. The maximum atomic E-state index is 12.9. The van der Waals surface area contributed by atoms with Gasteiger partial charge in [-0.25, -0.2) is 0 Å². The average molecular weight is 321 g/mol. The summed E-state index contributed by atoms with van der Waals surface area (Å²) in [5.41, 5.74) is 1.22. The monoisotopic (exact) mass is 320 g/mol. The van der Waals surface area contributed by atoms with Gasteiger partial charge < -0.3 is 10.2 Å². The number of halogens is 1. The van der Waals surface area contributed by atoms with Gasteiger partial charge in [0.2, 0.25) is 5.91 Å². The Morgan fingerprint density at radius 2 is 2.14 bits per heavy atom. The highest BCUT2D eigenvalue weighted by atomic mass is 35.5. The molecule has 2 fully saturated rings. The Kier molecular flexibility index (Phi) is 5.04. The molecule has 1 N–H and O–H groups in total. The van der Waals surface area contributed by atoms with Crippen molar-refractivity contribution in [2.24, 2.45) is 5.92 Å². The normalized spacial score (nSPS) is 25.0. The van der Waals surface area contributed by atoms with Crippen LogP contribution < -0.4 is 5.32 Å². The molecule has 0 spiro atoms. The van der Waals surface area contributed by atoms with Crippen molar-refractivity contribution in [3.63, 3.8) is 0 Å². The highest BCUT2D eigenvalue weighted by Crippen LogP contribution is 2.49. The predicted octanol–water partition coefficient (Wildman–Crippen LogP) is 3.43. The lowest BCUT2D eigenvalue weighted by Gasteiger charge is -2.35. The molecule has 1 aromatic carbocycles. The van der Waals surface area contributed by atoms with Gasteiger partial charge in [-0.05, 0) is 62.4 Å². The van der Waals surface area contributed by atoms with Crippen LogP contribution in [0.2, 0.25) is 5.02 Å². The van der Waals surface area contributed by atoms with Crippen molar-refractivity contribution in [3.05, 3.63) is 34.9 Å². The van der Waals surface area contributed by atoms with E-state index in [0.717, 1.165) is 50.3 Å². The summed E-state index contributed by atoms with van der Waals surface area (Å²) >= 11 is 6.08. The van der Waals surface area contributed by atoms with Crippen LogP contribution >= 0.6 is 11.6 Å². The van der Waals surface area contributed by atoms with E-state index in [1.54, 1.807) is 0 Å². The van der Waals surface area contributed by atoms with Crippen LogP contribution in [-0.2, 0) is 4.79 Å². The number of benzene rings is 1. The molecule has 0 bridgehead atoms. The highest BCUT2D eigenvalue weighted by molar-refractivity contribution is 6.30. The number of amides is 1. The molecule has 3 nitrogen and oxygen atoms in total. The summed E-state index contributed by atoms with van der Waals surface area (Å²) < 4.78 is 0. The molecule has 3 rings (SSSR count). The van der Waals surface area contributed by atoms with Crippen molar-refractivity contribution in [3.8, 4) is 0 Å². The summed E-state index contributed by atoms with van der Waals surface area (Å²) in [5.74, 6) is 0.894. The van der Waals surface area contributed by atoms with Crippen molar-refractivity contribution in [2.75, 3.05) is 19.6 Å². The fourth-order valence-electron chi connectivity index (χ4n) is 3.62. The quantitative estimate of drug-likeness (QED) is 0.901. The van der Waals surface area contributed by atoms with Crippen molar-refractivity contribution in [2.45, 2.75) is 44.6 Å². The summed E-state index contributed by atoms with van der Waals surface area (Å²) in [6, 6.07) is 8.40. The smallest absolute Gasteiger partial charge is 0.226 e. The lowest BCUT2D eigenvalue weighted by Crippen LogP contribution is -2.47. The van der Waals surface area contributed by atoms with Gasteiger partial charge in [-0.1, -0.05) is 30.7 Å². The van der Waals surface area contributed by atoms with Crippen molar-refractivity contribution >= 4 is 17.5 Å². The zero-order valence-electron chi connectivity index (χ0n) is 13.2. The fourth-order valence-corrected chi connectivity index (χ4v) is 3.82. The van der Waals surface area contributed by atoms with E-state index in [0.29, 0.717) is 17.9 Å². The minimum atomic E-state index is 0.167. The van der Waals surface area contributed by atoms with Gasteiger partial charge in [0.15, 0.2) is 0 Å². The Balaban J connectivity index is 1.67. The second kappa shape index (κ2) is 7.01. The van der Waals surface area contributed by atoms with Crippen LogP contribution in [0.5, 0.6) is 0 Å². The summed E-state index contributed by atoms with van der Waals surface area (Å²) in [5, 5.41) is 4.15. The van der Waals surface area contributed by atoms with E-state index in [-0.39, 0.29) is 5.92 Å². The molecule has 120 valence electrons. The molecule has 4 heteroatoms. The molecular formula is C18H25ClN2O. The third kappa shape index (κ3) is 3.47. The molecule has 2 aliphatic rings. The number of nitrogens with zero attached hydrogens (tertiary/aromatic N) is 1. The van der Waals surface area contributed by atoms with E-state index in [1.165, 1.54) is 5.56 Å². The molecule has 1 amide bonds. The molecule has 1 aliphatic heterocycles. The molecule has 0 aromatic heterocycles. The minimum Gasteiger partial charge on any atom is -0.339 e. The summed E-state index contributed by atoms with van der Waals surface area (Å²) in [7, 11) is 0. The average Bonchev–Trinajstić information content (AvgIpc) is 3.33. The van der Waals surface area contributed by atoms with Gasteiger partial charge in [0.05, 0.1) is 0 Å². The van der Waals surface area contributed by atoms with Crippen LogP contribution in [0, 0.1) is 5.92 Å². The Hall–Kier alpha value is -1.06. The van der Waals surface area contributed by atoms with E-state index in [4.69, 9.17) is 11.6 Å². The van der Waals surface area contributed by atoms with Gasteiger partial charge >= 0.3 is 0 Å². The van der Waals surface area contributed by atoms with Gasteiger partial charge in [-0.15, -0.1) is 0 Å². The van der Waals surface area contributed by atoms with E-state index < -0.39 is 0 Å². The number of carbonyl (C=O) groups is 1. The molecule has 1 heterocycles. The molecule has 1 saturated carbocycles. The standard InChI is InChI=1S/C18H25ClN2O/c1-2-10-21(15-6-8-20-9-7-15)18(22)17-12-16(17)13-4-3-5-14(19)11-13/h3-5,11,15-17,20H,2,6-10,12H2,1H3. The number of carbonyl (C=O) groups excluding carboxylic acids is 1. The third-order valence-corrected chi connectivity index (χ3v) is 5.12. The first-order valence-corrected chi connectivity index (χ1v) is 8.85. The number of hydrogen-bond donors (Lipinski definition) is 1. The second-order valence-electron chi connectivity index (χ2n) is 6.52. The van der Waals surface area contributed by atoms with Gasteiger partial charge in [-0.3, -0.25) is 4.79 Å². The number of rotatable bonds is 5. The van der Waals surface area contributed by atoms with E-state index >= 15 is 0 Å². The van der Waals surface area contributed by atoms with Crippen LogP contribution in [0.1, 0.15) is 44.1 Å². The zero-order valence-corrected chi connectivity index (χ0v) is 14.0. The Bertz CT molecular complexity index is 528. The molecule has 1 aliphatic carbocycles. The maximum Gasteiger partial charge on any atom is 0.226 e. The first-order chi connectivity index (χ1) is 10.7. The highest BCUT2D eigenvalue weighted by Gasteiger charge is 2.46. The number of hydrogen-bond acceptors (Lipinski definition) is 2. The SMILES string of the molecule is CCCN(C(=O)C1CC1c1cccc(Cl)c1)C1CCNCC1. The van der Waals surface area contributed by atoms with Gasteiger partial charge in [0.25, 0.3) is 0 Å². The first kappa shape index (κ1) is 15.8. The number of nitrogens with one attached hydrogen (secondary N) is 1. The third-order valence-electron chi connectivity index (χ3n) is 4.88. The van der Waals surface area contributed by atoms with Crippen molar-refractivity contribution in [1.82, 2.24) is 10.2 Å². The minimum absolute atomic E-state index is 0.167. The van der Waals surface area contributed by atoms with Gasteiger partial charge in [0, 0.05) is 23.5 Å². The lowest BCUT2D eigenvalue weighted by molar-refractivity contribution is -0.135.